The van der Waals surface area contributed by atoms with Gasteiger partial charge in [-0.1, -0.05) is 12.8 Å². The molecule has 0 spiro atoms. The van der Waals surface area contributed by atoms with Crippen LogP contribution < -0.4 is 11.1 Å². The number of nitrogens with two attached hydrogens (primary N) is 1. The molecule has 2 fully saturated rings. The van der Waals surface area contributed by atoms with E-state index >= 15 is 0 Å². The third-order valence-corrected chi connectivity index (χ3v) is 5.00. The number of carboxylic acid groups (broad SMARTS) is 1. The molecule has 6 N–H and O–H groups in total. The Bertz CT molecular complexity index is 379. The number of rotatable bonds is 7. The number of hydrogen-bond donors (Lipinski definition) is 5. The van der Waals surface area contributed by atoms with Crippen molar-refractivity contribution in [2.75, 3.05) is 26.2 Å². The topological polar surface area (TPSA) is 119 Å². The SMILES string of the molecule is N[C@@]1(C(=O)O)CN(CC2CCCCN2)CC1CCCB(O)O. The van der Waals surface area contributed by atoms with Crippen molar-refractivity contribution in [2.24, 2.45) is 11.7 Å². The van der Waals surface area contributed by atoms with Crippen molar-refractivity contribution in [3.63, 3.8) is 0 Å². The van der Waals surface area contributed by atoms with Crippen LogP contribution in [0, 0.1) is 5.92 Å². The van der Waals surface area contributed by atoms with Gasteiger partial charge >= 0.3 is 13.1 Å². The van der Waals surface area contributed by atoms with Crippen molar-refractivity contribution in [3.8, 4) is 0 Å². The van der Waals surface area contributed by atoms with Gasteiger partial charge in [-0.25, -0.2) is 0 Å². The van der Waals surface area contributed by atoms with Gasteiger partial charge in [0.2, 0.25) is 0 Å². The molecular formula is C14H28BN3O4. The first-order chi connectivity index (χ1) is 10.4. The Morgan fingerprint density at radius 2 is 2.18 bits per heavy atom. The van der Waals surface area contributed by atoms with Crippen LogP contribution in [0.5, 0.6) is 0 Å². The van der Waals surface area contributed by atoms with E-state index in [2.05, 4.69) is 10.2 Å². The summed E-state index contributed by atoms with van der Waals surface area (Å²) in [6, 6.07) is 0.421. The van der Waals surface area contributed by atoms with E-state index in [0.29, 0.717) is 32.0 Å². The molecule has 2 rings (SSSR count). The van der Waals surface area contributed by atoms with Crippen molar-refractivity contribution in [2.45, 2.75) is 50.0 Å². The minimum Gasteiger partial charge on any atom is -0.480 e. The minimum atomic E-state index is -1.33. The lowest BCUT2D eigenvalue weighted by atomic mass is 9.78. The summed E-state index contributed by atoms with van der Waals surface area (Å²) >= 11 is 0. The molecule has 0 saturated carbocycles. The van der Waals surface area contributed by atoms with Crippen LogP contribution in [-0.4, -0.2) is 70.9 Å². The molecule has 0 radical (unpaired) electrons. The van der Waals surface area contributed by atoms with E-state index in [1.165, 1.54) is 12.8 Å². The molecule has 2 aliphatic heterocycles. The monoisotopic (exact) mass is 313 g/mol. The van der Waals surface area contributed by atoms with Crippen molar-refractivity contribution in [1.82, 2.24) is 10.2 Å². The van der Waals surface area contributed by atoms with Crippen LogP contribution in [-0.2, 0) is 4.79 Å². The lowest BCUT2D eigenvalue weighted by Crippen LogP contribution is -2.55. The van der Waals surface area contributed by atoms with Gasteiger partial charge in [-0.15, -0.1) is 0 Å². The highest BCUT2D eigenvalue weighted by atomic mass is 16.4. The lowest BCUT2D eigenvalue weighted by Gasteiger charge is -2.28. The van der Waals surface area contributed by atoms with Gasteiger partial charge in [0, 0.05) is 31.6 Å². The van der Waals surface area contributed by atoms with Gasteiger partial charge in [-0.3, -0.25) is 9.69 Å². The molecule has 0 aromatic carbocycles. The molecular weight excluding hydrogens is 285 g/mol. The van der Waals surface area contributed by atoms with Crippen LogP contribution in [0.4, 0.5) is 0 Å². The maximum Gasteiger partial charge on any atom is 0.451 e. The number of carboxylic acids is 1. The van der Waals surface area contributed by atoms with Crippen LogP contribution in [0.3, 0.4) is 0 Å². The zero-order chi connectivity index (χ0) is 16.2. The fourth-order valence-electron chi connectivity index (χ4n) is 3.71. The summed E-state index contributed by atoms with van der Waals surface area (Å²) in [5.41, 5.74) is 4.94. The number of hydrogen-bond acceptors (Lipinski definition) is 6. The van der Waals surface area contributed by atoms with Gasteiger partial charge in [-0.05, 0) is 32.1 Å². The maximum absolute atomic E-state index is 11.6. The molecule has 7 nitrogen and oxygen atoms in total. The first kappa shape index (κ1) is 17.7. The highest BCUT2D eigenvalue weighted by molar-refractivity contribution is 6.40. The number of piperidine rings is 1. The van der Waals surface area contributed by atoms with E-state index in [1.54, 1.807) is 0 Å². The van der Waals surface area contributed by atoms with Crippen molar-refractivity contribution in [1.29, 1.82) is 0 Å². The minimum absolute atomic E-state index is 0.146. The average molecular weight is 313 g/mol. The lowest BCUT2D eigenvalue weighted by molar-refractivity contribution is -0.144. The van der Waals surface area contributed by atoms with Gasteiger partial charge in [-0.2, -0.15) is 0 Å². The van der Waals surface area contributed by atoms with E-state index in [0.717, 1.165) is 19.5 Å². The molecule has 2 aliphatic rings. The second-order valence-corrected chi connectivity index (χ2v) is 6.79. The zero-order valence-electron chi connectivity index (χ0n) is 13.1. The van der Waals surface area contributed by atoms with Crippen LogP contribution in [0.2, 0.25) is 6.32 Å². The van der Waals surface area contributed by atoms with Crippen molar-refractivity contribution >= 4 is 13.1 Å². The number of likely N-dealkylation sites (tertiary alicyclic amines) is 1. The van der Waals surface area contributed by atoms with E-state index in [-0.39, 0.29) is 12.2 Å². The van der Waals surface area contributed by atoms with Crippen LogP contribution in [0.25, 0.3) is 0 Å². The average Bonchev–Trinajstić information content (AvgIpc) is 2.77. The zero-order valence-corrected chi connectivity index (χ0v) is 13.1. The van der Waals surface area contributed by atoms with Crippen LogP contribution in [0.1, 0.15) is 32.1 Å². The smallest absolute Gasteiger partial charge is 0.451 e. The number of carbonyl (C=O) groups is 1. The molecule has 0 amide bonds. The molecule has 2 heterocycles. The number of nitrogens with one attached hydrogen (secondary N) is 1. The van der Waals surface area contributed by atoms with Gasteiger partial charge in [0.1, 0.15) is 5.54 Å². The van der Waals surface area contributed by atoms with Gasteiger partial charge in [0.05, 0.1) is 0 Å². The Morgan fingerprint density at radius 3 is 2.77 bits per heavy atom. The molecule has 8 heteroatoms. The molecule has 22 heavy (non-hydrogen) atoms. The summed E-state index contributed by atoms with van der Waals surface area (Å²) in [5, 5.41) is 30.8. The molecule has 0 bridgehead atoms. The van der Waals surface area contributed by atoms with Crippen LogP contribution in [0.15, 0.2) is 0 Å². The summed E-state index contributed by atoms with van der Waals surface area (Å²) < 4.78 is 0. The predicted molar refractivity (Wildman–Crippen MR) is 84.4 cm³/mol. The number of nitrogens with zero attached hydrogens (tertiary/aromatic N) is 1. The first-order valence-electron chi connectivity index (χ1n) is 8.26. The largest absolute Gasteiger partial charge is 0.480 e. The second-order valence-electron chi connectivity index (χ2n) is 6.79. The molecule has 0 aliphatic carbocycles. The van der Waals surface area contributed by atoms with Gasteiger partial charge in [0.25, 0.3) is 0 Å². The van der Waals surface area contributed by atoms with E-state index in [4.69, 9.17) is 15.8 Å². The third kappa shape index (κ3) is 4.42. The fourth-order valence-corrected chi connectivity index (χ4v) is 3.71. The summed E-state index contributed by atoms with van der Waals surface area (Å²) in [4.78, 5) is 13.8. The third-order valence-electron chi connectivity index (χ3n) is 5.00. The van der Waals surface area contributed by atoms with Crippen molar-refractivity contribution < 1.29 is 19.9 Å². The fraction of sp³-hybridized carbons (Fsp3) is 0.929. The Labute approximate surface area is 132 Å². The molecule has 126 valence electrons. The summed E-state index contributed by atoms with van der Waals surface area (Å²) in [7, 11) is -1.33. The molecule has 0 aromatic rings. The normalized spacial score (nSPS) is 33.0. The van der Waals surface area contributed by atoms with Gasteiger partial charge < -0.3 is 26.2 Å². The molecule has 2 unspecified atom stereocenters. The molecule has 2 saturated heterocycles. The highest BCUT2D eigenvalue weighted by Crippen LogP contribution is 2.31. The standard InChI is InChI=1S/C14H28BN3O4/c16-14(13(19)20)10-18(9-12-5-1-2-7-17-12)8-11(14)4-3-6-15(21)22/h11-12,17,21-22H,1-10,16H2,(H,19,20)/t11?,12?,14-/m0/s1. The Morgan fingerprint density at radius 1 is 1.41 bits per heavy atom. The maximum atomic E-state index is 11.6. The summed E-state index contributed by atoms with van der Waals surface area (Å²) in [6.07, 6.45) is 4.99. The Hall–Kier alpha value is -0.665. The first-order valence-corrected chi connectivity index (χ1v) is 8.26. The quantitative estimate of drug-likeness (QED) is 0.386. The summed E-state index contributed by atoms with van der Waals surface area (Å²) in [5.74, 6) is -1.10. The summed E-state index contributed by atoms with van der Waals surface area (Å²) in [6.45, 7) is 2.91. The highest BCUT2D eigenvalue weighted by Gasteiger charge is 2.49. The molecule has 3 atom stereocenters. The van der Waals surface area contributed by atoms with E-state index < -0.39 is 18.6 Å². The number of aliphatic carboxylic acids is 1. The Kier molecular flexibility index (Phi) is 6.22. The predicted octanol–water partition coefficient (Wildman–Crippen LogP) is -0.905. The van der Waals surface area contributed by atoms with E-state index in [9.17, 15) is 9.90 Å². The van der Waals surface area contributed by atoms with E-state index in [1.807, 2.05) is 0 Å². The molecule has 0 aromatic heterocycles. The van der Waals surface area contributed by atoms with Gasteiger partial charge in [0.15, 0.2) is 0 Å². The van der Waals surface area contributed by atoms with Crippen LogP contribution >= 0.6 is 0 Å². The van der Waals surface area contributed by atoms with Crippen molar-refractivity contribution in [3.05, 3.63) is 0 Å². The Balaban J connectivity index is 1.90. The second kappa shape index (κ2) is 7.74.